The van der Waals surface area contributed by atoms with E-state index in [2.05, 4.69) is 10.3 Å². The van der Waals surface area contributed by atoms with Crippen LogP contribution >= 0.6 is 22.9 Å². The fourth-order valence-electron chi connectivity index (χ4n) is 2.63. The number of halogens is 1. The van der Waals surface area contributed by atoms with Crippen LogP contribution in [-0.2, 0) is 11.2 Å². The Bertz CT molecular complexity index is 873. The Morgan fingerprint density at radius 3 is 2.64 bits per heavy atom. The number of rotatable bonds is 5. The highest BCUT2D eigenvalue weighted by Crippen LogP contribution is 2.22. The fourth-order valence-corrected chi connectivity index (χ4v) is 3.45. The standard InChI is InChI=1S/C20H19ClN2OS/c1-13(17-4-3-5-18(21)11-17)22-20(24)10-15-6-8-16(9-7-15)19-12-25-14(2)23-19/h3-9,11-13H,10H2,1-2H3,(H,22,24). The van der Waals surface area contributed by atoms with E-state index in [9.17, 15) is 4.79 Å². The molecule has 128 valence electrons. The van der Waals surface area contributed by atoms with Gasteiger partial charge in [-0.05, 0) is 37.1 Å². The molecule has 1 heterocycles. The SMILES string of the molecule is Cc1nc(-c2ccc(CC(=O)NC(C)c3cccc(Cl)c3)cc2)cs1. The van der Waals surface area contributed by atoms with E-state index in [-0.39, 0.29) is 11.9 Å². The molecule has 3 aromatic rings. The zero-order valence-corrected chi connectivity index (χ0v) is 15.7. The second-order valence-electron chi connectivity index (χ2n) is 5.97. The number of nitrogens with zero attached hydrogens (tertiary/aromatic N) is 1. The maximum Gasteiger partial charge on any atom is 0.224 e. The van der Waals surface area contributed by atoms with Crippen molar-refractivity contribution in [2.24, 2.45) is 0 Å². The van der Waals surface area contributed by atoms with Crippen LogP contribution in [0.5, 0.6) is 0 Å². The van der Waals surface area contributed by atoms with Gasteiger partial charge in [0.05, 0.1) is 23.2 Å². The first-order valence-electron chi connectivity index (χ1n) is 8.07. The third-order valence-corrected chi connectivity index (χ3v) is 4.97. The molecule has 1 aromatic heterocycles. The number of benzene rings is 2. The van der Waals surface area contributed by atoms with Crippen molar-refractivity contribution < 1.29 is 4.79 Å². The summed E-state index contributed by atoms with van der Waals surface area (Å²) < 4.78 is 0. The number of aryl methyl sites for hydroxylation is 1. The van der Waals surface area contributed by atoms with E-state index < -0.39 is 0 Å². The topological polar surface area (TPSA) is 42.0 Å². The molecule has 5 heteroatoms. The lowest BCUT2D eigenvalue weighted by atomic mass is 10.1. The number of carbonyl (C=O) groups is 1. The number of nitrogens with one attached hydrogen (secondary N) is 1. The van der Waals surface area contributed by atoms with Gasteiger partial charge in [-0.2, -0.15) is 0 Å². The monoisotopic (exact) mass is 370 g/mol. The van der Waals surface area contributed by atoms with Crippen LogP contribution in [0.4, 0.5) is 0 Å². The first-order valence-corrected chi connectivity index (χ1v) is 9.33. The van der Waals surface area contributed by atoms with Gasteiger partial charge in [-0.1, -0.05) is 48.0 Å². The van der Waals surface area contributed by atoms with E-state index >= 15 is 0 Å². The minimum Gasteiger partial charge on any atom is -0.349 e. The van der Waals surface area contributed by atoms with Crippen LogP contribution in [0.25, 0.3) is 11.3 Å². The van der Waals surface area contributed by atoms with E-state index in [0.717, 1.165) is 27.4 Å². The molecule has 0 saturated carbocycles. The Labute approximate surface area is 156 Å². The van der Waals surface area contributed by atoms with Crippen molar-refractivity contribution in [3.05, 3.63) is 75.1 Å². The second kappa shape index (κ2) is 7.81. The summed E-state index contributed by atoms with van der Waals surface area (Å²) in [4.78, 5) is 16.8. The summed E-state index contributed by atoms with van der Waals surface area (Å²) >= 11 is 7.64. The van der Waals surface area contributed by atoms with E-state index in [1.165, 1.54) is 0 Å². The molecule has 0 bridgehead atoms. The van der Waals surface area contributed by atoms with Gasteiger partial charge in [-0.25, -0.2) is 4.98 Å². The first-order chi connectivity index (χ1) is 12.0. The highest BCUT2D eigenvalue weighted by Gasteiger charge is 2.11. The van der Waals surface area contributed by atoms with Crippen molar-refractivity contribution in [1.29, 1.82) is 0 Å². The number of hydrogen-bond acceptors (Lipinski definition) is 3. The quantitative estimate of drug-likeness (QED) is 0.671. The lowest BCUT2D eigenvalue weighted by molar-refractivity contribution is -0.121. The van der Waals surface area contributed by atoms with E-state index in [1.54, 1.807) is 11.3 Å². The van der Waals surface area contributed by atoms with Crippen LogP contribution in [0.3, 0.4) is 0 Å². The maximum atomic E-state index is 12.3. The Morgan fingerprint density at radius 1 is 1.24 bits per heavy atom. The molecule has 1 amide bonds. The van der Waals surface area contributed by atoms with Crippen molar-refractivity contribution >= 4 is 28.8 Å². The molecule has 0 radical (unpaired) electrons. The summed E-state index contributed by atoms with van der Waals surface area (Å²) in [6.07, 6.45) is 0.348. The summed E-state index contributed by atoms with van der Waals surface area (Å²) in [5, 5.41) is 6.78. The van der Waals surface area contributed by atoms with Crippen LogP contribution in [-0.4, -0.2) is 10.9 Å². The predicted molar refractivity (Wildman–Crippen MR) is 104 cm³/mol. The first kappa shape index (κ1) is 17.6. The summed E-state index contributed by atoms with van der Waals surface area (Å²) in [6.45, 7) is 3.95. The third-order valence-electron chi connectivity index (χ3n) is 3.96. The van der Waals surface area contributed by atoms with Gasteiger partial charge in [0.1, 0.15) is 0 Å². The molecule has 3 rings (SSSR count). The average molecular weight is 371 g/mol. The van der Waals surface area contributed by atoms with Crippen molar-refractivity contribution in [3.63, 3.8) is 0 Å². The van der Waals surface area contributed by atoms with Gasteiger partial charge in [-0.3, -0.25) is 4.79 Å². The third kappa shape index (κ3) is 4.68. The molecule has 0 fully saturated rings. The van der Waals surface area contributed by atoms with E-state index in [0.29, 0.717) is 11.4 Å². The Balaban J connectivity index is 1.61. The molecule has 0 aliphatic carbocycles. The van der Waals surface area contributed by atoms with Gasteiger partial charge in [0, 0.05) is 16.0 Å². The van der Waals surface area contributed by atoms with Gasteiger partial charge < -0.3 is 5.32 Å². The number of hydrogen-bond donors (Lipinski definition) is 1. The maximum absolute atomic E-state index is 12.3. The van der Waals surface area contributed by atoms with Gasteiger partial charge in [0.15, 0.2) is 0 Å². The van der Waals surface area contributed by atoms with Crippen molar-refractivity contribution in [2.75, 3.05) is 0 Å². The second-order valence-corrected chi connectivity index (χ2v) is 7.47. The fraction of sp³-hybridized carbons (Fsp3) is 0.200. The predicted octanol–water partition coefficient (Wildman–Crippen LogP) is 5.19. The van der Waals surface area contributed by atoms with Crippen molar-refractivity contribution in [1.82, 2.24) is 10.3 Å². The molecule has 0 spiro atoms. The molecular formula is C20H19ClN2OS. The lowest BCUT2D eigenvalue weighted by Gasteiger charge is -2.14. The minimum absolute atomic E-state index is 0.00951. The molecular weight excluding hydrogens is 352 g/mol. The molecule has 0 aliphatic heterocycles. The lowest BCUT2D eigenvalue weighted by Crippen LogP contribution is -2.28. The zero-order valence-electron chi connectivity index (χ0n) is 14.1. The number of thiazole rings is 1. The molecule has 1 unspecified atom stereocenters. The summed E-state index contributed by atoms with van der Waals surface area (Å²) in [7, 11) is 0. The molecule has 0 aliphatic rings. The Morgan fingerprint density at radius 2 is 2.00 bits per heavy atom. The normalized spacial score (nSPS) is 12.0. The van der Waals surface area contributed by atoms with Crippen LogP contribution < -0.4 is 5.32 Å². The van der Waals surface area contributed by atoms with Gasteiger partial charge in [-0.15, -0.1) is 11.3 Å². The molecule has 25 heavy (non-hydrogen) atoms. The van der Waals surface area contributed by atoms with Crippen LogP contribution in [0.2, 0.25) is 5.02 Å². The molecule has 1 N–H and O–H groups in total. The summed E-state index contributed by atoms with van der Waals surface area (Å²) in [6, 6.07) is 15.4. The van der Waals surface area contributed by atoms with Crippen molar-refractivity contribution in [3.8, 4) is 11.3 Å². The van der Waals surface area contributed by atoms with Gasteiger partial charge >= 0.3 is 0 Å². The number of amides is 1. The number of carbonyl (C=O) groups excluding carboxylic acids is 1. The summed E-state index contributed by atoms with van der Waals surface area (Å²) in [5.41, 5.74) is 4.02. The molecule has 2 aromatic carbocycles. The highest BCUT2D eigenvalue weighted by molar-refractivity contribution is 7.09. The molecule has 3 nitrogen and oxygen atoms in total. The molecule has 1 atom stereocenters. The zero-order chi connectivity index (χ0) is 17.8. The summed E-state index contributed by atoms with van der Waals surface area (Å²) in [5.74, 6) is -0.00951. The minimum atomic E-state index is -0.0801. The van der Waals surface area contributed by atoms with Gasteiger partial charge in [0.2, 0.25) is 5.91 Å². The van der Waals surface area contributed by atoms with Crippen LogP contribution in [0, 0.1) is 6.92 Å². The highest BCUT2D eigenvalue weighted by atomic mass is 35.5. The van der Waals surface area contributed by atoms with E-state index in [1.807, 2.05) is 67.8 Å². The number of aromatic nitrogens is 1. The smallest absolute Gasteiger partial charge is 0.224 e. The van der Waals surface area contributed by atoms with Crippen LogP contribution in [0.15, 0.2) is 53.9 Å². The largest absolute Gasteiger partial charge is 0.349 e. The van der Waals surface area contributed by atoms with Gasteiger partial charge in [0.25, 0.3) is 0 Å². The van der Waals surface area contributed by atoms with E-state index in [4.69, 9.17) is 11.6 Å². The average Bonchev–Trinajstić information content (AvgIpc) is 3.02. The van der Waals surface area contributed by atoms with Crippen molar-refractivity contribution in [2.45, 2.75) is 26.3 Å². The Hall–Kier alpha value is -2.17. The van der Waals surface area contributed by atoms with Crippen LogP contribution in [0.1, 0.15) is 29.1 Å². The molecule has 0 saturated heterocycles. The Kier molecular flexibility index (Phi) is 5.51.